The highest BCUT2D eigenvalue weighted by Crippen LogP contribution is 2.22. The fourth-order valence-corrected chi connectivity index (χ4v) is 2.98. The molecule has 0 aliphatic rings. The number of aromatic nitrogens is 1. The standard InChI is InChI=1S/C22H17ClN2O2/c1-14-2-6-16(7-3-14)22(26)24-18-9-4-15(5-10-18)12-21-25-19-13-17(23)8-11-20(19)27-21/h2-11,13H,12H2,1H3,(H,24,26). The lowest BCUT2D eigenvalue weighted by atomic mass is 10.1. The third-order valence-corrected chi connectivity index (χ3v) is 4.51. The van der Waals surface area contributed by atoms with E-state index in [0.717, 1.165) is 27.9 Å². The van der Waals surface area contributed by atoms with E-state index in [1.165, 1.54) is 0 Å². The van der Waals surface area contributed by atoms with Gasteiger partial charge in [-0.3, -0.25) is 4.79 Å². The Balaban J connectivity index is 1.45. The van der Waals surface area contributed by atoms with Gasteiger partial charge in [0.2, 0.25) is 0 Å². The highest BCUT2D eigenvalue weighted by Gasteiger charge is 2.09. The summed E-state index contributed by atoms with van der Waals surface area (Å²) >= 11 is 5.98. The number of carbonyl (C=O) groups is 1. The summed E-state index contributed by atoms with van der Waals surface area (Å²) < 4.78 is 5.75. The van der Waals surface area contributed by atoms with Crippen LogP contribution >= 0.6 is 11.6 Å². The first-order chi connectivity index (χ1) is 13.1. The van der Waals surface area contributed by atoms with Crippen molar-refractivity contribution in [3.8, 4) is 0 Å². The molecule has 1 N–H and O–H groups in total. The van der Waals surface area contributed by atoms with Gasteiger partial charge in [-0.05, 0) is 55.0 Å². The zero-order chi connectivity index (χ0) is 18.8. The van der Waals surface area contributed by atoms with Crippen LogP contribution in [0.5, 0.6) is 0 Å². The van der Waals surface area contributed by atoms with Crippen LogP contribution in [0.3, 0.4) is 0 Å². The Kier molecular flexibility index (Phi) is 4.65. The predicted molar refractivity (Wildman–Crippen MR) is 107 cm³/mol. The van der Waals surface area contributed by atoms with E-state index in [9.17, 15) is 4.79 Å². The molecule has 0 saturated heterocycles. The lowest BCUT2D eigenvalue weighted by molar-refractivity contribution is 0.102. The molecule has 5 heteroatoms. The number of nitrogens with one attached hydrogen (secondary N) is 1. The lowest BCUT2D eigenvalue weighted by Crippen LogP contribution is -2.11. The van der Waals surface area contributed by atoms with E-state index in [0.29, 0.717) is 22.9 Å². The predicted octanol–water partition coefficient (Wildman–Crippen LogP) is 5.63. The number of rotatable bonds is 4. The van der Waals surface area contributed by atoms with Crippen LogP contribution in [0.2, 0.25) is 5.02 Å². The molecule has 1 amide bonds. The van der Waals surface area contributed by atoms with E-state index in [2.05, 4.69) is 10.3 Å². The number of nitrogens with zero attached hydrogens (tertiary/aromatic N) is 1. The van der Waals surface area contributed by atoms with Gasteiger partial charge in [-0.15, -0.1) is 0 Å². The van der Waals surface area contributed by atoms with E-state index in [1.54, 1.807) is 12.1 Å². The molecule has 4 rings (SSSR count). The molecule has 4 aromatic rings. The van der Waals surface area contributed by atoms with Gasteiger partial charge >= 0.3 is 0 Å². The minimum atomic E-state index is -0.126. The second-order valence-corrected chi connectivity index (χ2v) is 6.85. The molecule has 3 aromatic carbocycles. The lowest BCUT2D eigenvalue weighted by Gasteiger charge is -2.06. The first-order valence-corrected chi connectivity index (χ1v) is 8.96. The third-order valence-electron chi connectivity index (χ3n) is 4.27. The third kappa shape index (κ3) is 4.01. The Morgan fingerprint density at radius 3 is 2.52 bits per heavy atom. The van der Waals surface area contributed by atoms with Gasteiger partial charge in [0, 0.05) is 22.7 Å². The fourth-order valence-electron chi connectivity index (χ4n) is 2.81. The van der Waals surface area contributed by atoms with Crippen LogP contribution < -0.4 is 5.32 Å². The number of hydrogen-bond donors (Lipinski definition) is 1. The van der Waals surface area contributed by atoms with Crippen LogP contribution in [-0.2, 0) is 6.42 Å². The second kappa shape index (κ2) is 7.25. The minimum Gasteiger partial charge on any atom is -0.440 e. The minimum absolute atomic E-state index is 0.126. The summed E-state index contributed by atoms with van der Waals surface area (Å²) in [4.78, 5) is 16.7. The van der Waals surface area contributed by atoms with Gasteiger partial charge in [0.25, 0.3) is 5.91 Å². The first kappa shape index (κ1) is 17.3. The van der Waals surface area contributed by atoms with Gasteiger partial charge in [0.1, 0.15) is 5.52 Å². The monoisotopic (exact) mass is 376 g/mol. The Morgan fingerprint density at radius 2 is 1.78 bits per heavy atom. The zero-order valence-electron chi connectivity index (χ0n) is 14.7. The smallest absolute Gasteiger partial charge is 0.255 e. The maximum absolute atomic E-state index is 12.3. The molecular weight excluding hydrogens is 360 g/mol. The Bertz CT molecular complexity index is 1100. The summed E-state index contributed by atoms with van der Waals surface area (Å²) in [7, 11) is 0. The Hall–Kier alpha value is -3.11. The highest BCUT2D eigenvalue weighted by molar-refractivity contribution is 6.31. The van der Waals surface area contributed by atoms with Crippen molar-refractivity contribution in [3.05, 3.63) is 94.3 Å². The van der Waals surface area contributed by atoms with Crippen LogP contribution in [0.25, 0.3) is 11.1 Å². The topological polar surface area (TPSA) is 55.1 Å². The van der Waals surface area contributed by atoms with Crippen LogP contribution in [0.1, 0.15) is 27.4 Å². The SMILES string of the molecule is Cc1ccc(C(=O)Nc2ccc(Cc3nc4cc(Cl)ccc4o3)cc2)cc1. The second-order valence-electron chi connectivity index (χ2n) is 6.41. The number of carbonyl (C=O) groups excluding carboxylic acids is 1. The maximum Gasteiger partial charge on any atom is 0.255 e. The van der Waals surface area contributed by atoms with E-state index in [-0.39, 0.29) is 5.91 Å². The molecule has 4 nitrogen and oxygen atoms in total. The molecule has 27 heavy (non-hydrogen) atoms. The van der Waals surface area contributed by atoms with Crippen molar-refractivity contribution in [1.82, 2.24) is 4.98 Å². The first-order valence-electron chi connectivity index (χ1n) is 8.59. The van der Waals surface area contributed by atoms with Crippen molar-refractivity contribution in [1.29, 1.82) is 0 Å². The van der Waals surface area contributed by atoms with Gasteiger partial charge in [-0.1, -0.05) is 41.4 Å². The largest absolute Gasteiger partial charge is 0.440 e. The number of aryl methyl sites for hydroxylation is 1. The molecule has 0 atom stereocenters. The van der Waals surface area contributed by atoms with E-state index < -0.39 is 0 Å². The van der Waals surface area contributed by atoms with Gasteiger partial charge in [0.15, 0.2) is 11.5 Å². The molecule has 134 valence electrons. The molecule has 0 fully saturated rings. The molecular formula is C22H17ClN2O2. The van der Waals surface area contributed by atoms with Crippen LogP contribution in [-0.4, -0.2) is 10.9 Å². The zero-order valence-corrected chi connectivity index (χ0v) is 15.5. The number of anilines is 1. The number of oxazole rings is 1. The molecule has 1 heterocycles. The summed E-state index contributed by atoms with van der Waals surface area (Å²) in [5.41, 5.74) is 5.01. The summed E-state index contributed by atoms with van der Waals surface area (Å²) in [5, 5.41) is 3.54. The van der Waals surface area contributed by atoms with Gasteiger partial charge < -0.3 is 9.73 Å². The van der Waals surface area contributed by atoms with Crippen molar-refractivity contribution in [3.63, 3.8) is 0 Å². The Labute approximate surface area is 161 Å². The molecule has 0 aliphatic heterocycles. The number of hydrogen-bond acceptors (Lipinski definition) is 3. The fraction of sp³-hybridized carbons (Fsp3) is 0.0909. The van der Waals surface area contributed by atoms with Crippen molar-refractivity contribution in [2.45, 2.75) is 13.3 Å². The average molecular weight is 377 g/mol. The molecule has 0 saturated carbocycles. The molecule has 0 aliphatic carbocycles. The summed E-state index contributed by atoms with van der Waals surface area (Å²) in [6.07, 6.45) is 0.568. The molecule has 1 aromatic heterocycles. The van der Waals surface area contributed by atoms with Crippen molar-refractivity contribution < 1.29 is 9.21 Å². The van der Waals surface area contributed by atoms with Gasteiger partial charge in [-0.2, -0.15) is 0 Å². The quantitative estimate of drug-likeness (QED) is 0.502. The van der Waals surface area contributed by atoms with Crippen LogP contribution in [0.4, 0.5) is 5.69 Å². The molecule has 0 spiro atoms. The number of halogens is 1. The molecule has 0 bridgehead atoms. The normalized spacial score (nSPS) is 10.9. The number of fused-ring (bicyclic) bond motifs is 1. The van der Waals surface area contributed by atoms with Gasteiger partial charge in [0.05, 0.1) is 0 Å². The van der Waals surface area contributed by atoms with Crippen molar-refractivity contribution in [2.24, 2.45) is 0 Å². The number of benzene rings is 3. The molecule has 0 radical (unpaired) electrons. The summed E-state index contributed by atoms with van der Waals surface area (Å²) in [6.45, 7) is 1.99. The molecule has 0 unspecified atom stereocenters. The summed E-state index contributed by atoms with van der Waals surface area (Å²) in [6, 6.07) is 20.5. The summed E-state index contributed by atoms with van der Waals surface area (Å²) in [5.74, 6) is 0.502. The average Bonchev–Trinajstić information content (AvgIpc) is 3.05. The highest BCUT2D eigenvalue weighted by atomic mass is 35.5. The maximum atomic E-state index is 12.3. The van der Waals surface area contributed by atoms with Crippen molar-refractivity contribution in [2.75, 3.05) is 5.32 Å². The van der Waals surface area contributed by atoms with Crippen molar-refractivity contribution >= 4 is 34.3 Å². The van der Waals surface area contributed by atoms with Crippen LogP contribution in [0, 0.1) is 6.92 Å². The van der Waals surface area contributed by atoms with Crippen LogP contribution in [0.15, 0.2) is 71.1 Å². The van der Waals surface area contributed by atoms with E-state index >= 15 is 0 Å². The Morgan fingerprint density at radius 1 is 1.04 bits per heavy atom. The van der Waals surface area contributed by atoms with E-state index in [1.807, 2.05) is 61.5 Å². The van der Waals surface area contributed by atoms with E-state index in [4.69, 9.17) is 16.0 Å². The number of amides is 1. The van der Waals surface area contributed by atoms with Gasteiger partial charge in [-0.25, -0.2) is 4.98 Å².